The lowest BCUT2D eigenvalue weighted by molar-refractivity contribution is -0.118. The van der Waals surface area contributed by atoms with E-state index in [1.165, 1.54) is 11.1 Å². The van der Waals surface area contributed by atoms with Crippen LogP contribution in [-0.2, 0) is 17.8 Å². The molecule has 23 heavy (non-hydrogen) atoms. The van der Waals surface area contributed by atoms with E-state index in [0.29, 0.717) is 0 Å². The molecule has 0 bridgehead atoms. The molecule has 1 aliphatic rings. The van der Waals surface area contributed by atoms with E-state index in [9.17, 15) is 4.79 Å². The first-order valence-corrected chi connectivity index (χ1v) is 7.99. The predicted octanol–water partition coefficient (Wildman–Crippen LogP) is 3.13. The molecule has 1 amide bonds. The second-order valence-corrected chi connectivity index (χ2v) is 6.09. The number of nitrogens with one attached hydrogen (secondary N) is 2. The second kappa shape index (κ2) is 6.84. The highest BCUT2D eigenvalue weighted by molar-refractivity contribution is 5.95. The summed E-state index contributed by atoms with van der Waals surface area (Å²) in [5.74, 6) is 0.805. The van der Waals surface area contributed by atoms with Crippen LogP contribution in [0.2, 0.25) is 0 Å². The van der Waals surface area contributed by atoms with Crippen LogP contribution in [0.3, 0.4) is 0 Å². The van der Waals surface area contributed by atoms with E-state index in [0.717, 1.165) is 24.4 Å². The maximum absolute atomic E-state index is 12.4. The number of carbonyl (C=O) groups is 1. The van der Waals surface area contributed by atoms with E-state index in [4.69, 9.17) is 4.74 Å². The monoisotopic (exact) mass is 310 g/mol. The van der Waals surface area contributed by atoms with Crippen molar-refractivity contribution in [2.45, 2.75) is 39.0 Å². The Bertz CT molecular complexity index is 680. The number of anilines is 1. The molecule has 2 aromatic carbocycles. The normalized spacial score (nSPS) is 16.7. The molecule has 1 unspecified atom stereocenters. The molecular weight excluding hydrogens is 288 g/mol. The third kappa shape index (κ3) is 3.90. The average Bonchev–Trinajstić information content (AvgIpc) is 2.55. The van der Waals surface area contributed by atoms with E-state index >= 15 is 0 Å². The average molecular weight is 310 g/mol. The van der Waals surface area contributed by atoms with E-state index < -0.39 is 0 Å². The van der Waals surface area contributed by atoms with Crippen molar-refractivity contribution in [2.24, 2.45) is 0 Å². The van der Waals surface area contributed by atoms with Gasteiger partial charge in [-0.1, -0.05) is 24.3 Å². The lowest BCUT2D eigenvalue weighted by Gasteiger charge is -2.25. The maximum atomic E-state index is 12.4. The van der Waals surface area contributed by atoms with Gasteiger partial charge < -0.3 is 15.4 Å². The molecule has 0 saturated heterocycles. The number of carbonyl (C=O) groups excluding carboxylic acids is 1. The number of ether oxygens (including phenoxy) is 1. The zero-order chi connectivity index (χ0) is 16.2. The van der Waals surface area contributed by atoms with Crippen LogP contribution in [0, 0.1) is 0 Å². The highest BCUT2D eigenvalue weighted by Gasteiger charge is 2.23. The highest BCUT2D eigenvalue weighted by atomic mass is 16.5. The number of rotatable bonds is 4. The Labute approximate surface area is 136 Å². The van der Waals surface area contributed by atoms with Gasteiger partial charge in [0, 0.05) is 12.2 Å². The van der Waals surface area contributed by atoms with Crippen LogP contribution < -0.4 is 15.4 Å². The summed E-state index contributed by atoms with van der Waals surface area (Å²) < 4.78 is 5.60. The molecule has 0 saturated carbocycles. The summed E-state index contributed by atoms with van der Waals surface area (Å²) in [6.45, 7) is 4.71. The lowest BCUT2D eigenvalue weighted by Crippen LogP contribution is -2.44. The summed E-state index contributed by atoms with van der Waals surface area (Å²) in [4.78, 5) is 12.4. The first-order valence-electron chi connectivity index (χ1n) is 7.99. The van der Waals surface area contributed by atoms with Crippen LogP contribution in [-0.4, -0.2) is 18.1 Å². The molecule has 2 aromatic rings. The second-order valence-electron chi connectivity index (χ2n) is 6.09. The Hall–Kier alpha value is -2.33. The molecule has 0 radical (unpaired) electrons. The van der Waals surface area contributed by atoms with Gasteiger partial charge in [0.1, 0.15) is 5.75 Å². The van der Waals surface area contributed by atoms with E-state index in [-0.39, 0.29) is 18.1 Å². The molecule has 4 nitrogen and oxygen atoms in total. The quantitative estimate of drug-likeness (QED) is 0.912. The van der Waals surface area contributed by atoms with Crippen LogP contribution >= 0.6 is 0 Å². The van der Waals surface area contributed by atoms with Gasteiger partial charge in [-0.15, -0.1) is 0 Å². The molecule has 1 atom stereocenters. The van der Waals surface area contributed by atoms with Crippen molar-refractivity contribution in [1.29, 1.82) is 0 Å². The lowest BCUT2D eigenvalue weighted by atomic mass is 9.95. The van der Waals surface area contributed by atoms with Crippen LogP contribution in [0.5, 0.6) is 5.75 Å². The van der Waals surface area contributed by atoms with Gasteiger partial charge in [-0.25, -0.2) is 0 Å². The summed E-state index contributed by atoms with van der Waals surface area (Å²) in [7, 11) is 0. The maximum Gasteiger partial charge on any atom is 0.241 e. The summed E-state index contributed by atoms with van der Waals surface area (Å²) in [5, 5.41) is 6.26. The van der Waals surface area contributed by atoms with E-state index in [1.54, 1.807) is 0 Å². The van der Waals surface area contributed by atoms with Gasteiger partial charge in [0.15, 0.2) is 0 Å². The predicted molar refractivity (Wildman–Crippen MR) is 91.6 cm³/mol. The van der Waals surface area contributed by atoms with Crippen LogP contribution in [0.1, 0.15) is 25.0 Å². The smallest absolute Gasteiger partial charge is 0.241 e. The van der Waals surface area contributed by atoms with Gasteiger partial charge >= 0.3 is 0 Å². The Balaban J connectivity index is 1.61. The van der Waals surface area contributed by atoms with Crippen molar-refractivity contribution < 1.29 is 9.53 Å². The van der Waals surface area contributed by atoms with Crippen LogP contribution in [0.15, 0.2) is 48.5 Å². The van der Waals surface area contributed by atoms with Gasteiger partial charge in [0.2, 0.25) is 5.91 Å². The number of hydrogen-bond donors (Lipinski definition) is 2. The van der Waals surface area contributed by atoms with Gasteiger partial charge in [0.25, 0.3) is 0 Å². The van der Waals surface area contributed by atoms with Gasteiger partial charge in [-0.3, -0.25) is 4.79 Å². The fourth-order valence-corrected chi connectivity index (χ4v) is 2.76. The topological polar surface area (TPSA) is 50.4 Å². The zero-order valence-electron chi connectivity index (χ0n) is 13.5. The molecule has 3 rings (SSSR count). The van der Waals surface area contributed by atoms with Crippen molar-refractivity contribution in [3.8, 4) is 5.75 Å². The first-order chi connectivity index (χ1) is 11.1. The minimum Gasteiger partial charge on any atom is -0.491 e. The number of benzene rings is 2. The largest absolute Gasteiger partial charge is 0.491 e. The fraction of sp³-hybridized carbons (Fsp3) is 0.316. The molecule has 0 fully saturated rings. The highest BCUT2D eigenvalue weighted by Crippen LogP contribution is 2.19. The molecule has 0 aromatic heterocycles. The van der Waals surface area contributed by atoms with Crippen LogP contribution in [0.25, 0.3) is 0 Å². The van der Waals surface area contributed by atoms with Gasteiger partial charge in [0.05, 0.1) is 12.1 Å². The van der Waals surface area contributed by atoms with E-state index in [2.05, 4.69) is 22.8 Å². The van der Waals surface area contributed by atoms with E-state index in [1.807, 2.05) is 50.2 Å². The van der Waals surface area contributed by atoms with Crippen molar-refractivity contribution >= 4 is 11.6 Å². The molecule has 1 aliphatic heterocycles. The number of amides is 1. The minimum absolute atomic E-state index is 0.00275. The Morgan fingerprint density at radius 1 is 1.13 bits per heavy atom. The van der Waals surface area contributed by atoms with Crippen molar-refractivity contribution in [1.82, 2.24) is 5.32 Å². The first kappa shape index (κ1) is 15.6. The fourth-order valence-electron chi connectivity index (χ4n) is 2.76. The Morgan fingerprint density at radius 3 is 2.52 bits per heavy atom. The van der Waals surface area contributed by atoms with Gasteiger partial charge in [-0.2, -0.15) is 0 Å². The standard InChI is InChI=1S/C19H22N2O2/c1-13(2)23-17-9-7-16(8-10-17)21-19(22)18-11-14-5-3-4-6-15(14)12-20-18/h3-10,13,18,20H,11-12H2,1-2H3,(H,21,22). The Morgan fingerprint density at radius 2 is 1.83 bits per heavy atom. The summed E-state index contributed by atoms with van der Waals surface area (Å²) in [6, 6.07) is 15.5. The molecule has 2 N–H and O–H groups in total. The summed E-state index contributed by atoms with van der Waals surface area (Å²) in [5.41, 5.74) is 3.30. The van der Waals surface area contributed by atoms with Gasteiger partial charge in [-0.05, 0) is 55.7 Å². The van der Waals surface area contributed by atoms with Crippen molar-refractivity contribution in [2.75, 3.05) is 5.32 Å². The Kier molecular flexibility index (Phi) is 4.63. The van der Waals surface area contributed by atoms with Crippen molar-refractivity contribution in [3.05, 3.63) is 59.7 Å². The summed E-state index contributed by atoms with van der Waals surface area (Å²) in [6.07, 6.45) is 0.859. The zero-order valence-corrected chi connectivity index (χ0v) is 13.5. The van der Waals surface area contributed by atoms with Crippen molar-refractivity contribution in [3.63, 3.8) is 0 Å². The molecular formula is C19H22N2O2. The molecule has 0 aliphatic carbocycles. The summed E-state index contributed by atoms with van der Waals surface area (Å²) >= 11 is 0. The third-order valence-corrected chi connectivity index (χ3v) is 3.89. The molecule has 0 spiro atoms. The number of fused-ring (bicyclic) bond motifs is 1. The molecule has 120 valence electrons. The molecule has 4 heteroatoms. The van der Waals surface area contributed by atoms with Crippen LogP contribution in [0.4, 0.5) is 5.69 Å². The number of hydrogen-bond acceptors (Lipinski definition) is 3. The SMILES string of the molecule is CC(C)Oc1ccc(NC(=O)C2Cc3ccccc3CN2)cc1. The third-order valence-electron chi connectivity index (χ3n) is 3.89. The molecule has 1 heterocycles. The minimum atomic E-state index is -0.198.